The van der Waals surface area contributed by atoms with E-state index in [1.165, 1.54) is 19.2 Å². The van der Waals surface area contributed by atoms with Crippen LogP contribution >= 0.6 is 0 Å². The number of hydrogen-bond donors (Lipinski definition) is 0. The molecule has 0 fully saturated rings. The zero-order valence-corrected chi connectivity index (χ0v) is 19.1. The lowest BCUT2D eigenvalue weighted by Crippen LogP contribution is -2.07. The number of unbranched alkanes of at least 4 members (excludes halogenated alkanes) is 6. The molecule has 0 unspecified atom stereocenters. The summed E-state index contributed by atoms with van der Waals surface area (Å²) in [5, 5.41) is 4.43. The molecule has 0 aromatic heterocycles. The molecule has 0 atom stereocenters. The van der Waals surface area contributed by atoms with E-state index in [1.54, 1.807) is 0 Å². The van der Waals surface area contributed by atoms with Crippen molar-refractivity contribution in [2.45, 2.75) is 70.6 Å². The molecule has 3 nitrogen and oxygen atoms in total. The molecule has 0 heterocycles. The molecule has 0 amide bonds. The molecule has 0 bridgehead atoms. The fraction of sp³-hybridized carbons (Fsp3) is 0.444. The van der Waals surface area contributed by atoms with Crippen LogP contribution in [0.25, 0.3) is 0 Å². The highest BCUT2D eigenvalue weighted by Crippen LogP contribution is 2.29. The fourth-order valence-corrected chi connectivity index (χ4v) is 3.26. The lowest BCUT2D eigenvalue weighted by Gasteiger charge is -2.08. The first-order chi connectivity index (χ1) is 15.9. The molecule has 0 aliphatic heterocycles. The molecule has 0 N–H and O–H groups in total. The number of benzene rings is 2. The number of carbonyl (C=O) groups excluding carboxylic acids is 1. The van der Waals surface area contributed by atoms with E-state index in [0.29, 0.717) is 19.5 Å². The van der Waals surface area contributed by atoms with Crippen LogP contribution in [0.3, 0.4) is 0 Å². The van der Waals surface area contributed by atoms with Gasteiger partial charge < -0.3 is 4.74 Å². The van der Waals surface area contributed by atoms with Crippen LogP contribution in [-0.2, 0) is 28.8 Å². The molecule has 177 valence electrons. The van der Waals surface area contributed by atoms with E-state index in [-0.39, 0.29) is 5.97 Å². The van der Waals surface area contributed by atoms with Gasteiger partial charge in [0.2, 0.25) is 0 Å². The number of esters is 1. The molecule has 0 saturated carbocycles. The summed E-state index contributed by atoms with van der Waals surface area (Å²) < 4.78 is 42.4. The van der Waals surface area contributed by atoms with Gasteiger partial charge in [0.05, 0.1) is 12.7 Å². The molecule has 1 radical (unpaired) electrons. The fourth-order valence-electron chi connectivity index (χ4n) is 3.26. The topological polar surface area (TPSA) is 40.4 Å². The predicted molar refractivity (Wildman–Crippen MR) is 123 cm³/mol. The van der Waals surface area contributed by atoms with Gasteiger partial charge >= 0.3 is 12.1 Å². The molecule has 0 saturated heterocycles. The summed E-state index contributed by atoms with van der Waals surface area (Å²) in [4.78, 5) is 11.0. The van der Waals surface area contributed by atoms with E-state index in [2.05, 4.69) is 21.9 Å². The molecule has 33 heavy (non-hydrogen) atoms. The molecule has 0 aliphatic carbocycles. The van der Waals surface area contributed by atoms with Gasteiger partial charge in [0.1, 0.15) is 0 Å². The number of carbonyl (C=O) groups is 1. The third-order valence-electron chi connectivity index (χ3n) is 5.22. The van der Waals surface area contributed by atoms with Gasteiger partial charge in [0, 0.05) is 31.5 Å². The number of rotatable bonds is 12. The Kier molecular flexibility index (Phi) is 11.5. The van der Waals surface area contributed by atoms with Gasteiger partial charge in [-0.2, -0.15) is 13.2 Å². The van der Waals surface area contributed by atoms with E-state index in [4.69, 9.17) is 0 Å². The maximum Gasteiger partial charge on any atom is 0.416 e. The number of halogens is 3. The minimum absolute atomic E-state index is 0.133. The van der Waals surface area contributed by atoms with Crippen LogP contribution < -0.4 is 5.32 Å². The van der Waals surface area contributed by atoms with Crippen molar-refractivity contribution in [1.29, 1.82) is 0 Å². The Hall–Kier alpha value is -2.78. The molecular formula is C27H31F3NO2. The quantitative estimate of drug-likeness (QED) is 0.203. The van der Waals surface area contributed by atoms with Crippen molar-refractivity contribution in [1.82, 2.24) is 5.32 Å². The summed E-state index contributed by atoms with van der Waals surface area (Å²) in [6.07, 6.45) is 3.53. The van der Waals surface area contributed by atoms with Crippen LogP contribution in [0.15, 0.2) is 48.5 Å². The Morgan fingerprint density at radius 3 is 1.97 bits per heavy atom. The third-order valence-corrected chi connectivity index (χ3v) is 5.22. The van der Waals surface area contributed by atoms with Gasteiger partial charge in [-0.1, -0.05) is 61.8 Å². The van der Waals surface area contributed by atoms with Crippen LogP contribution in [-0.4, -0.2) is 13.1 Å². The second kappa shape index (κ2) is 14.4. The van der Waals surface area contributed by atoms with Crippen LogP contribution in [0.1, 0.15) is 73.6 Å². The molecular weight excluding hydrogens is 427 g/mol. The lowest BCUT2D eigenvalue weighted by molar-refractivity contribution is -0.140. The maximum atomic E-state index is 12.6. The smallest absolute Gasteiger partial charge is 0.416 e. The Labute approximate surface area is 194 Å². The molecule has 2 rings (SSSR count). The minimum atomic E-state index is -4.31. The molecule has 0 aliphatic rings. The van der Waals surface area contributed by atoms with Gasteiger partial charge in [-0.25, -0.2) is 5.32 Å². The average Bonchev–Trinajstić information content (AvgIpc) is 2.80. The second-order valence-electron chi connectivity index (χ2n) is 7.93. The van der Waals surface area contributed by atoms with Crippen LogP contribution in [0.4, 0.5) is 13.2 Å². The van der Waals surface area contributed by atoms with Crippen molar-refractivity contribution >= 4 is 5.97 Å². The molecule has 0 spiro atoms. The summed E-state index contributed by atoms with van der Waals surface area (Å²) in [5.41, 5.74) is 2.12. The van der Waals surface area contributed by atoms with E-state index in [0.717, 1.165) is 73.8 Å². The number of nitrogens with zero attached hydrogens (tertiary/aromatic N) is 1. The lowest BCUT2D eigenvalue weighted by atomic mass is 10.1. The van der Waals surface area contributed by atoms with Crippen LogP contribution in [0.2, 0.25) is 0 Å². The van der Waals surface area contributed by atoms with Gasteiger partial charge in [-0.15, -0.1) is 0 Å². The first kappa shape index (κ1) is 26.5. The van der Waals surface area contributed by atoms with E-state index in [1.807, 2.05) is 24.3 Å². The summed E-state index contributed by atoms with van der Waals surface area (Å²) in [5.74, 6) is 6.25. The van der Waals surface area contributed by atoms with Crippen molar-refractivity contribution < 1.29 is 22.7 Å². The normalized spacial score (nSPS) is 11.0. The largest absolute Gasteiger partial charge is 0.469 e. The highest BCUT2D eigenvalue weighted by Gasteiger charge is 2.29. The summed E-state index contributed by atoms with van der Waals surface area (Å²) >= 11 is 0. The van der Waals surface area contributed by atoms with E-state index >= 15 is 0 Å². The monoisotopic (exact) mass is 458 g/mol. The van der Waals surface area contributed by atoms with Crippen LogP contribution in [0, 0.1) is 11.8 Å². The van der Waals surface area contributed by atoms with Gasteiger partial charge in [-0.3, -0.25) is 4.79 Å². The van der Waals surface area contributed by atoms with Crippen molar-refractivity contribution in [2.75, 3.05) is 7.11 Å². The highest BCUT2D eigenvalue weighted by atomic mass is 19.4. The van der Waals surface area contributed by atoms with Crippen molar-refractivity contribution in [3.05, 3.63) is 70.8 Å². The predicted octanol–water partition coefficient (Wildman–Crippen LogP) is 6.66. The number of alkyl halides is 3. The zero-order valence-electron chi connectivity index (χ0n) is 19.1. The van der Waals surface area contributed by atoms with Crippen molar-refractivity contribution in [3.63, 3.8) is 0 Å². The Bertz CT molecular complexity index is 894. The van der Waals surface area contributed by atoms with Crippen molar-refractivity contribution in [3.8, 4) is 11.8 Å². The minimum Gasteiger partial charge on any atom is -0.469 e. The zero-order chi connectivity index (χ0) is 23.9. The molecule has 6 heteroatoms. The summed E-state index contributed by atoms with van der Waals surface area (Å²) in [6, 6.07) is 13.0. The Morgan fingerprint density at radius 1 is 0.848 bits per heavy atom. The van der Waals surface area contributed by atoms with Crippen molar-refractivity contribution in [2.24, 2.45) is 0 Å². The van der Waals surface area contributed by atoms with Crippen LogP contribution in [0.5, 0.6) is 0 Å². The standard InChI is InChI=1S/C27H31F3NO2/c1-33-26(32)11-9-7-5-3-2-4-6-8-10-22-12-14-23(15-13-22)20-31-21-24-16-18-25(19-17-24)27(28,29)30/h12-19H,2-7,9,11,20-21H2,1H3. The molecule has 2 aromatic carbocycles. The third kappa shape index (κ3) is 11.1. The van der Waals surface area contributed by atoms with E-state index < -0.39 is 11.7 Å². The van der Waals surface area contributed by atoms with Gasteiger partial charge in [0.25, 0.3) is 0 Å². The maximum absolute atomic E-state index is 12.6. The first-order valence-corrected chi connectivity index (χ1v) is 11.3. The molecule has 2 aromatic rings. The van der Waals surface area contributed by atoms with Gasteiger partial charge in [0.15, 0.2) is 0 Å². The second-order valence-corrected chi connectivity index (χ2v) is 7.93. The average molecular weight is 459 g/mol. The first-order valence-electron chi connectivity index (χ1n) is 11.3. The SMILES string of the molecule is COC(=O)CCCCCCCCC#Cc1ccc(C[N]Cc2ccc(C(F)(F)F)cc2)cc1. The Balaban J connectivity index is 1.59. The van der Waals surface area contributed by atoms with Gasteiger partial charge in [-0.05, 0) is 48.2 Å². The summed E-state index contributed by atoms with van der Waals surface area (Å²) in [7, 11) is 1.42. The number of methoxy groups -OCH3 is 1. The Morgan fingerprint density at radius 2 is 1.39 bits per heavy atom. The highest BCUT2D eigenvalue weighted by molar-refractivity contribution is 5.68. The number of hydrogen-bond acceptors (Lipinski definition) is 2. The summed E-state index contributed by atoms with van der Waals surface area (Å²) in [6.45, 7) is 0.888. The number of ether oxygens (including phenoxy) is 1. The van der Waals surface area contributed by atoms with E-state index in [9.17, 15) is 18.0 Å².